The number of benzene rings is 2. The fourth-order valence-corrected chi connectivity index (χ4v) is 2.25. The number of rotatable bonds is 7. The number of aliphatic carboxylic acids is 2. The van der Waals surface area contributed by atoms with E-state index in [1.54, 1.807) is 0 Å². The molecule has 0 aromatic heterocycles. The van der Waals surface area contributed by atoms with Gasteiger partial charge in [-0.25, -0.2) is 0 Å². The molecule has 2 aromatic carbocycles. The van der Waals surface area contributed by atoms with Crippen molar-refractivity contribution in [2.24, 2.45) is 17.2 Å². The van der Waals surface area contributed by atoms with E-state index < -0.39 is 24.4 Å². The Morgan fingerprint density at radius 3 is 1.31 bits per heavy atom. The van der Waals surface area contributed by atoms with E-state index in [9.17, 15) is 9.59 Å². The van der Waals surface area contributed by atoms with Crippen LogP contribution in [0.15, 0.2) is 60.7 Å². The molecule has 2 unspecified atom stereocenters. The number of carbonyl (C=O) groups is 2. The van der Waals surface area contributed by atoms with Crippen molar-refractivity contribution >= 4 is 11.9 Å². The van der Waals surface area contributed by atoms with Gasteiger partial charge < -0.3 is 27.4 Å². The van der Waals surface area contributed by atoms with Gasteiger partial charge in [0.05, 0.1) is 6.42 Å². The average molecular weight is 404 g/mol. The molecular weight excluding hydrogens is 370 g/mol. The molecule has 0 heterocycles. The first-order valence-electron chi connectivity index (χ1n) is 9.41. The number of nitrogens with two attached hydrogens (primary N) is 3. The fraction of sp³-hybridized carbons (Fsp3) is 0.364. The molecule has 0 spiro atoms. The first-order chi connectivity index (χ1) is 13.6. The highest BCUT2D eigenvalue weighted by atomic mass is 16.4. The van der Waals surface area contributed by atoms with E-state index in [1.165, 1.54) is 11.1 Å². The molecule has 8 N–H and O–H groups in total. The zero-order valence-electron chi connectivity index (χ0n) is 17.1. The molecule has 3 atom stereocenters. The molecule has 0 fully saturated rings. The third-order valence-corrected chi connectivity index (χ3v) is 3.51. The van der Waals surface area contributed by atoms with Gasteiger partial charge in [0.2, 0.25) is 0 Å². The van der Waals surface area contributed by atoms with Gasteiger partial charge in [-0.05, 0) is 37.8 Å². The Bertz CT molecular complexity index is 646. The van der Waals surface area contributed by atoms with Crippen LogP contribution in [0, 0.1) is 0 Å². The van der Waals surface area contributed by atoms with Crippen molar-refractivity contribution in [3.8, 4) is 0 Å². The molecule has 0 amide bonds. The highest BCUT2D eigenvalue weighted by Crippen LogP contribution is 2.01. The van der Waals surface area contributed by atoms with Crippen molar-refractivity contribution in [3.05, 3.63) is 71.8 Å². The lowest BCUT2D eigenvalue weighted by Gasteiger charge is -2.02. The van der Waals surface area contributed by atoms with Gasteiger partial charge in [-0.3, -0.25) is 9.59 Å². The zero-order valence-corrected chi connectivity index (χ0v) is 17.1. The molecule has 7 heteroatoms. The maximum atomic E-state index is 9.85. The van der Waals surface area contributed by atoms with Gasteiger partial charge in [0.1, 0.15) is 6.04 Å². The Balaban J connectivity index is 0.000000407. The van der Waals surface area contributed by atoms with E-state index in [0.29, 0.717) is 0 Å². The largest absolute Gasteiger partial charge is 0.481 e. The van der Waals surface area contributed by atoms with Crippen LogP contribution in [0.4, 0.5) is 0 Å². The van der Waals surface area contributed by atoms with Gasteiger partial charge in [-0.15, -0.1) is 0 Å². The minimum atomic E-state index is -1.29. The highest BCUT2D eigenvalue weighted by Gasteiger charge is 2.14. The number of hydrogen-bond acceptors (Lipinski definition) is 5. The van der Waals surface area contributed by atoms with Crippen molar-refractivity contribution in [2.75, 3.05) is 0 Å². The Kier molecular flexibility index (Phi) is 13.8. The van der Waals surface area contributed by atoms with Gasteiger partial charge in [0.25, 0.3) is 0 Å². The average Bonchev–Trinajstić information content (AvgIpc) is 2.63. The minimum Gasteiger partial charge on any atom is -0.481 e. The van der Waals surface area contributed by atoms with Crippen LogP contribution >= 0.6 is 0 Å². The van der Waals surface area contributed by atoms with E-state index in [2.05, 4.69) is 24.3 Å². The van der Waals surface area contributed by atoms with Crippen molar-refractivity contribution in [1.29, 1.82) is 0 Å². The third-order valence-electron chi connectivity index (χ3n) is 3.51. The van der Waals surface area contributed by atoms with Crippen LogP contribution in [0.1, 0.15) is 31.4 Å². The molecule has 160 valence electrons. The minimum absolute atomic E-state index is 0.266. The summed E-state index contributed by atoms with van der Waals surface area (Å²) in [5.41, 5.74) is 18.7. The van der Waals surface area contributed by atoms with Gasteiger partial charge in [-0.1, -0.05) is 60.7 Å². The van der Waals surface area contributed by atoms with Crippen LogP contribution in [0.3, 0.4) is 0 Å². The van der Waals surface area contributed by atoms with E-state index in [4.69, 9.17) is 27.4 Å². The summed E-state index contributed by atoms with van der Waals surface area (Å²) >= 11 is 0. The third kappa shape index (κ3) is 16.0. The van der Waals surface area contributed by atoms with Gasteiger partial charge in [-0.2, -0.15) is 0 Å². The predicted octanol–water partition coefficient (Wildman–Crippen LogP) is 2.03. The van der Waals surface area contributed by atoms with Crippen molar-refractivity contribution in [3.63, 3.8) is 0 Å². The van der Waals surface area contributed by atoms with E-state index in [0.717, 1.165) is 12.8 Å². The second kappa shape index (κ2) is 15.2. The lowest BCUT2D eigenvalue weighted by molar-refractivity contribution is -0.144. The molecule has 2 rings (SSSR count). The van der Waals surface area contributed by atoms with Crippen molar-refractivity contribution in [2.45, 2.75) is 51.2 Å². The smallest absolute Gasteiger partial charge is 0.321 e. The monoisotopic (exact) mass is 403 g/mol. The predicted molar refractivity (Wildman–Crippen MR) is 115 cm³/mol. The second-order valence-electron chi connectivity index (χ2n) is 6.88. The number of hydrogen-bond donors (Lipinski definition) is 5. The van der Waals surface area contributed by atoms with Crippen LogP contribution in [0.2, 0.25) is 0 Å². The topological polar surface area (TPSA) is 153 Å². The molecule has 0 bridgehead atoms. The van der Waals surface area contributed by atoms with E-state index in [-0.39, 0.29) is 12.1 Å². The first kappa shape index (κ1) is 26.3. The van der Waals surface area contributed by atoms with Gasteiger partial charge >= 0.3 is 11.9 Å². The van der Waals surface area contributed by atoms with Crippen LogP contribution in [0.25, 0.3) is 0 Å². The van der Waals surface area contributed by atoms with E-state index >= 15 is 0 Å². The molecule has 0 aliphatic rings. The Hall–Kier alpha value is -2.74. The highest BCUT2D eigenvalue weighted by molar-refractivity contribution is 5.80. The maximum absolute atomic E-state index is 9.85. The van der Waals surface area contributed by atoms with Crippen LogP contribution in [0.5, 0.6) is 0 Å². The SMILES string of the molecule is CC(N)Cc1ccccc1.CC(N)Cc1ccccc1.N[C@@H](CC(=O)O)C(=O)O. The molecule has 0 radical (unpaired) electrons. The first-order valence-corrected chi connectivity index (χ1v) is 9.41. The van der Waals surface area contributed by atoms with E-state index in [1.807, 2.05) is 50.2 Å². The standard InChI is InChI=1S/2C9H13N.C4H7NO4/c2*1-8(10)7-9-5-3-2-4-6-9;5-2(4(8)9)1-3(6)7/h2*2-6,8H,7,10H2,1H3;2H,1,5H2,(H,6,7)(H,8,9)/t;;2-/m..0/s1. The zero-order chi connectivity index (χ0) is 22.2. The fourth-order valence-electron chi connectivity index (χ4n) is 2.25. The summed E-state index contributed by atoms with van der Waals surface area (Å²) in [7, 11) is 0. The molecule has 29 heavy (non-hydrogen) atoms. The van der Waals surface area contributed by atoms with Crippen LogP contribution in [-0.2, 0) is 22.4 Å². The molecule has 7 nitrogen and oxygen atoms in total. The maximum Gasteiger partial charge on any atom is 0.321 e. The Morgan fingerprint density at radius 1 is 0.759 bits per heavy atom. The van der Waals surface area contributed by atoms with Crippen LogP contribution < -0.4 is 17.2 Å². The normalized spacial score (nSPS) is 12.9. The summed E-state index contributed by atoms with van der Waals surface area (Å²) in [5, 5.41) is 16.0. The summed E-state index contributed by atoms with van der Waals surface area (Å²) < 4.78 is 0. The summed E-state index contributed by atoms with van der Waals surface area (Å²) in [5.74, 6) is -2.50. The van der Waals surface area contributed by atoms with Gasteiger partial charge in [0, 0.05) is 12.1 Å². The molecule has 0 saturated carbocycles. The van der Waals surface area contributed by atoms with Crippen molar-refractivity contribution < 1.29 is 19.8 Å². The van der Waals surface area contributed by atoms with Crippen molar-refractivity contribution in [1.82, 2.24) is 0 Å². The Morgan fingerprint density at radius 2 is 1.10 bits per heavy atom. The molecule has 0 aliphatic heterocycles. The second-order valence-corrected chi connectivity index (χ2v) is 6.88. The van der Waals surface area contributed by atoms with Gasteiger partial charge in [0.15, 0.2) is 0 Å². The summed E-state index contributed by atoms with van der Waals surface area (Å²) in [4.78, 5) is 19.6. The number of carboxylic acids is 2. The number of carboxylic acid groups (broad SMARTS) is 2. The molecule has 0 saturated heterocycles. The molecule has 2 aromatic rings. The lowest BCUT2D eigenvalue weighted by atomic mass is 10.1. The summed E-state index contributed by atoms with van der Waals surface area (Å²) in [6, 6.07) is 19.8. The van der Waals surface area contributed by atoms with Crippen LogP contribution in [-0.4, -0.2) is 40.3 Å². The Labute approximate surface area is 172 Å². The lowest BCUT2D eigenvalue weighted by Crippen LogP contribution is -2.32. The molecular formula is C22H33N3O4. The summed E-state index contributed by atoms with van der Waals surface area (Å²) in [6.07, 6.45) is 1.41. The quantitative estimate of drug-likeness (QED) is 0.474. The summed E-state index contributed by atoms with van der Waals surface area (Å²) in [6.45, 7) is 4.04. The molecule has 0 aliphatic carbocycles.